The number of aryl methyl sites for hydroxylation is 1. The van der Waals surface area contributed by atoms with E-state index < -0.39 is 5.60 Å². The number of amides is 2. The van der Waals surface area contributed by atoms with Crippen LogP contribution in [0.1, 0.15) is 115 Å². The molecule has 7 rings (SSSR count). The van der Waals surface area contributed by atoms with Gasteiger partial charge in [0, 0.05) is 38.8 Å². The molecule has 12 nitrogen and oxygen atoms in total. The van der Waals surface area contributed by atoms with Crippen molar-refractivity contribution in [3.05, 3.63) is 107 Å². The van der Waals surface area contributed by atoms with Crippen molar-refractivity contribution >= 4 is 24.0 Å². The number of carbonyl (C=O) groups excluding carboxylic acids is 2. The first-order valence-electron chi connectivity index (χ1n) is 22.8. The molecule has 0 bridgehead atoms. The molecule has 63 heavy (non-hydrogen) atoms. The molecule has 0 spiro atoms. The minimum atomic E-state index is -0.420. The smallest absolute Gasteiger partial charge is 0.410 e. The highest BCUT2D eigenvalue weighted by Gasteiger charge is 2.38. The summed E-state index contributed by atoms with van der Waals surface area (Å²) in [6.45, 7) is 18.9. The average Bonchev–Trinajstić information content (AvgIpc) is 3.26. The lowest BCUT2D eigenvalue weighted by Crippen LogP contribution is -2.60. The van der Waals surface area contributed by atoms with Crippen molar-refractivity contribution in [2.75, 3.05) is 49.6 Å². The van der Waals surface area contributed by atoms with Crippen molar-refractivity contribution in [1.29, 1.82) is 0 Å². The van der Waals surface area contributed by atoms with E-state index in [1.807, 2.05) is 106 Å². The number of benzene rings is 2. The third-order valence-electron chi connectivity index (χ3n) is 12.0. The van der Waals surface area contributed by atoms with Gasteiger partial charge in [0.05, 0.1) is 29.5 Å². The second-order valence-electron chi connectivity index (χ2n) is 18.8. The van der Waals surface area contributed by atoms with Crippen LogP contribution in [0.25, 0.3) is 0 Å². The normalized spacial score (nSPS) is 17.8. The number of carbonyl (C=O) groups is 2. The van der Waals surface area contributed by atoms with Crippen LogP contribution >= 0.6 is 0 Å². The van der Waals surface area contributed by atoms with E-state index in [4.69, 9.17) is 28.9 Å². The highest BCUT2D eigenvalue weighted by atomic mass is 16.6. The number of anilines is 2. The predicted octanol–water partition coefficient (Wildman–Crippen LogP) is 9.93. The van der Waals surface area contributed by atoms with E-state index in [9.17, 15) is 9.59 Å². The van der Waals surface area contributed by atoms with Gasteiger partial charge < -0.3 is 38.5 Å². The first-order valence-corrected chi connectivity index (χ1v) is 22.8. The van der Waals surface area contributed by atoms with Crippen LogP contribution in [-0.4, -0.2) is 95.4 Å². The molecule has 1 aliphatic carbocycles. The highest BCUT2D eigenvalue weighted by molar-refractivity contribution is 5.79. The van der Waals surface area contributed by atoms with Gasteiger partial charge >= 0.3 is 6.09 Å². The maximum absolute atomic E-state index is 12.8. The summed E-state index contributed by atoms with van der Waals surface area (Å²) in [5.41, 5.74) is 3.88. The molecule has 2 aliphatic heterocycles. The van der Waals surface area contributed by atoms with Crippen LogP contribution in [0, 0.1) is 6.92 Å². The van der Waals surface area contributed by atoms with E-state index >= 15 is 0 Å². The van der Waals surface area contributed by atoms with Crippen molar-refractivity contribution in [2.24, 2.45) is 0 Å². The van der Waals surface area contributed by atoms with E-state index in [1.165, 1.54) is 32.1 Å². The summed E-state index contributed by atoms with van der Waals surface area (Å²) < 4.78 is 24.2. The molecule has 12 heteroatoms. The monoisotopic (exact) mass is 863 g/mol. The summed E-state index contributed by atoms with van der Waals surface area (Å²) in [6, 6.07) is 27.3. The molecule has 2 aromatic carbocycles. The second kappa shape index (κ2) is 21.9. The highest BCUT2D eigenvalue weighted by Crippen LogP contribution is 2.36. The Morgan fingerprint density at radius 1 is 0.810 bits per heavy atom. The molecule has 3 aliphatic rings. The van der Waals surface area contributed by atoms with Crippen molar-refractivity contribution in [3.8, 4) is 11.8 Å². The minimum absolute atomic E-state index is 0.157. The molecule has 2 amide bonds. The number of hydrogen-bond donors (Lipinski definition) is 0. The summed E-state index contributed by atoms with van der Waals surface area (Å²) in [5, 5.41) is 0. The molecule has 4 heterocycles. The Morgan fingerprint density at radius 3 is 2.03 bits per heavy atom. The van der Waals surface area contributed by atoms with Crippen molar-refractivity contribution < 1.29 is 28.5 Å². The Morgan fingerprint density at radius 2 is 1.43 bits per heavy atom. The Bertz CT molecular complexity index is 2050. The fourth-order valence-electron chi connectivity index (χ4n) is 8.63. The minimum Gasteiger partial charge on any atom is -0.473 e. The van der Waals surface area contributed by atoms with Crippen LogP contribution in [0.3, 0.4) is 0 Å². The summed E-state index contributed by atoms with van der Waals surface area (Å²) in [7, 11) is 2.08. The summed E-state index contributed by atoms with van der Waals surface area (Å²) in [6.07, 6.45) is 9.72. The maximum Gasteiger partial charge on any atom is 0.410 e. The summed E-state index contributed by atoms with van der Waals surface area (Å²) >= 11 is 0. The van der Waals surface area contributed by atoms with Gasteiger partial charge in [-0.15, -0.1) is 0 Å². The lowest BCUT2D eigenvalue weighted by atomic mass is 9.97. The number of nitrogens with zero attached hydrogens (tertiary/aromatic N) is 6. The standard InChI is InChI=1S/C39H46N4O4.C12H24N2O2/c1-29-18-20-36(42-24-22-34(23-25-42)47-33-16-10-5-11-17-33)40-38(29)30(2)43(28-44)35-19-21-37(45-26-31-12-6-3-7-13-31)41-39(35)46-27-32-14-8-4-9-15-32;1-11(2,3)16-10(15)14-8-7-13(6)9-12(14,4)5/h3-4,6-9,12-15,18-21,28,30,33-34H,5,10-11,16-17,22-27H2,1-2H3;7-9H2,1-6H3. The van der Waals surface area contributed by atoms with E-state index in [0.717, 1.165) is 80.2 Å². The molecule has 1 atom stereocenters. The lowest BCUT2D eigenvalue weighted by molar-refractivity contribution is -0.107. The van der Waals surface area contributed by atoms with Crippen LogP contribution in [0.2, 0.25) is 0 Å². The number of aromatic nitrogens is 2. The zero-order chi connectivity index (χ0) is 45.0. The zero-order valence-corrected chi connectivity index (χ0v) is 38.9. The molecule has 4 aromatic rings. The third-order valence-corrected chi connectivity index (χ3v) is 12.0. The predicted molar refractivity (Wildman–Crippen MR) is 249 cm³/mol. The number of hydrogen-bond acceptors (Lipinski definition) is 10. The molecule has 1 unspecified atom stereocenters. The van der Waals surface area contributed by atoms with Gasteiger partial charge in [-0.25, -0.2) is 9.78 Å². The van der Waals surface area contributed by atoms with Crippen LogP contribution in [-0.2, 0) is 27.5 Å². The molecular formula is C51H70N6O6. The van der Waals surface area contributed by atoms with Gasteiger partial charge in [-0.05, 0) is 110 Å². The first kappa shape index (κ1) is 47.3. The number of likely N-dealkylation sites (N-methyl/N-ethyl adjacent to an activating group) is 1. The number of rotatable bonds is 13. The largest absolute Gasteiger partial charge is 0.473 e. The molecule has 340 valence electrons. The second-order valence-corrected chi connectivity index (χ2v) is 18.8. The SMILES string of the molecule is CN1CCN(C(=O)OC(C)(C)C)C(C)(C)C1.Cc1ccc(N2CCC(OC3CCCCC3)CC2)nc1C(C)N(C=O)c1ccc(OCc2ccccc2)nc1OCc1ccccc1. The Kier molecular flexibility index (Phi) is 16.5. The van der Waals surface area contributed by atoms with Gasteiger partial charge in [-0.3, -0.25) is 4.79 Å². The fraction of sp³-hybridized carbons (Fsp3) is 0.529. The lowest BCUT2D eigenvalue weighted by Gasteiger charge is -2.45. The van der Waals surface area contributed by atoms with Crippen LogP contribution in [0.5, 0.6) is 11.8 Å². The van der Waals surface area contributed by atoms with E-state index in [1.54, 1.807) is 11.0 Å². The molecule has 0 N–H and O–H groups in total. The molecular weight excluding hydrogens is 793 g/mol. The fourth-order valence-corrected chi connectivity index (χ4v) is 8.63. The Labute approximate surface area is 375 Å². The topological polar surface area (TPSA) is 110 Å². The van der Waals surface area contributed by atoms with Gasteiger partial charge in [0.15, 0.2) is 0 Å². The summed E-state index contributed by atoms with van der Waals surface area (Å²) in [4.78, 5) is 42.7. The Hall–Kier alpha value is -5.20. The molecule has 3 fully saturated rings. The number of piperidine rings is 1. The molecule has 2 saturated heterocycles. The Balaban J connectivity index is 0.000000349. The maximum atomic E-state index is 12.8. The van der Waals surface area contributed by atoms with E-state index in [-0.39, 0.29) is 17.7 Å². The van der Waals surface area contributed by atoms with Crippen LogP contribution in [0.15, 0.2) is 84.9 Å². The van der Waals surface area contributed by atoms with Crippen molar-refractivity contribution in [1.82, 2.24) is 19.8 Å². The number of ether oxygens (including phenoxy) is 4. The molecule has 0 radical (unpaired) electrons. The van der Waals surface area contributed by atoms with Gasteiger partial charge in [0.2, 0.25) is 18.2 Å². The molecule has 1 saturated carbocycles. The van der Waals surface area contributed by atoms with Gasteiger partial charge in [0.1, 0.15) is 30.3 Å². The van der Waals surface area contributed by atoms with E-state index in [0.29, 0.717) is 42.9 Å². The number of pyridine rings is 2. The van der Waals surface area contributed by atoms with Gasteiger partial charge in [0.25, 0.3) is 0 Å². The van der Waals surface area contributed by atoms with Gasteiger partial charge in [-0.1, -0.05) is 86.0 Å². The average molecular weight is 863 g/mol. The van der Waals surface area contributed by atoms with Crippen molar-refractivity contribution in [2.45, 2.75) is 136 Å². The van der Waals surface area contributed by atoms with Crippen LogP contribution < -0.4 is 19.3 Å². The van der Waals surface area contributed by atoms with Crippen LogP contribution in [0.4, 0.5) is 16.3 Å². The quantitative estimate of drug-likeness (QED) is 0.121. The number of piperazine rings is 1. The summed E-state index contributed by atoms with van der Waals surface area (Å²) in [5.74, 6) is 1.68. The van der Waals surface area contributed by atoms with Crippen molar-refractivity contribution in [3.63, 3.8) is 0 Å². The van der Waals surface area contributed by atoms with E-state index in [2.05, 4.69) is 42.8 Å². The van der Waals surface area contributed by atoms with Gasteiger partial charge in [-0.2, -0.15) is 4.98 Å². The molecule has 2 aromatic heterocycles. The third kappa shape index (κ3) is 13.6. The first-order chi connectivity index (χ1) is 30.2. The zero-order valence-electron chi connectivity index (χ0n) is 38.9.